The predicted molar refractivity (Wildman–Crippen MR) is 115 cm³/mol. The number of alkyl halides is 3. The van der Waals surface area contributed by atoms with Gasteiger partial charge in [0.15, 0.2) is 0 Å². The van der Waals surface area contributed by atoms with E-state index in [1.54, 1.807) is 23.1 Å². The number of carbonyl (C=O) groups excluding carboxylic acids is 1. The van der Waals surface area contributed by atoms with Gasteiger partial charge in [0.1, 0.15) is 10.6 Å². The van der Waals surface area contributed by atoms with Crippen LogP contribution in [0.4, 0.5) is 18.0 Å². The molecule has 0 spiro atoms. The molecule has 0 saturated carbocycles. The van der Waals surface area contributed by atoms with Gasteiger partial charge in [0.2, 0.25) is 0 Å². The summed E-state index contributed by atoms with van der Waals surface area (Å²) >= 11 is 0. The molecule has 32 heavy (non-hydrogen) atoms. The molecule has 0 heterocycles. The van der Waals surface area contributed by atoms with Crippen molar-refractivity contribution in [2.24, 2.45) is 0 Å². The highest BCUT2D eigenvalue weighted by atomic mass is 32.2. The molecule has 0 aliphatic rings. The standard InChI is InChI=1S/C22H27F3N2O4S/c1-5-16(4)27(21(28)26-15(2)3)14-17-9-6-7-12-20(17)31-32(29,30)19-11-8-10-18(13-19)22(23,24)25/h6-13,15-16H,5,14H2,1-4H3,(H,26,28)/t16-/m0/s1. The maximum Gasteiger partial charge on any atom is 0.416 e. The van der Waals surface area contributed by atoms with Crippen molar-refractivity contribution >= 4 is 16.1 Å². The lowest BCUT2D eigenvalue weighted by atomic mass is 10.1. The Hall–Kier alpha value is -2.75. The van der Waals surface area contributed by atoms with Gasteiger partial charge in [0.05, 0.1) is 12.1 Å². The molecule has 2 amide bonds. The van der Waals surface area contributed by atoms with E-state index in [1.165, 1.54) is 6.07 Å². The van der Waals surface area contributed by atoms with E-state index in [1.807, 2.05) is 27.7 Å². The van der Waals surface area contributed by atoms with Crippen LogP contribution in [0.25, 0.3) is 0 Å². The number of carbonyl (C=O) groups is 1. The summed E-state index contributed by atoms with van der Waals surface area (Å²) in [4.78, 5) is 13.6. The average Bonchev–Trinajstić information content (AvgIpc) is 2.71. The third kappa shape index (κ3) is 6.62. The lowest BCUT2D eigenvalue weighted by Crippen LogP contribution is -2.46. The zero-order valence-corrected chi connectivity index (χ0v) is 19.1. The molecule has 1 N–H and O–H groups in total. The Kier molecular flexibility index (Phi) is 8.17. The second-order valence-corrected chi connectivity index (χ2v) is 9.21. The summed E-state index contributed by atoms with van der Waals surface area (Å²) in [7, 11) is -4.54. The minimum atomic E-state index is -4.69. The first-order valence-corrected chi connectivity index (χ1v) is 11.5. The highest BCUT2D eigenvalue weighted by molar-refractivity contribution is 7.87. The molecule has 2 aromatic carbocycles. The van der Waals surface area contributed by atoms with E-state index < -0.39 is 26.8 Å². The van der Waals surface area contributed by atoms with E-state index in [9.17, 15) is 26.4 Å². The van der Waals surface area contributed by atoms with Gasteiger partial charge in [-0.1, -0.05) is 31.2 Å². The van der Waals surface area contributed by atoms with Crippen molar-refractivity contribution < 1.29 is 30.6 Å². The summed E-state index contributed by atoms with van der Waals surface area (Å²) in [5.41, 5.74) is -0.689. The number of hydrogen-bond donors (Lipinski definition) is 1. The summed E-state index contributed by atoms with van der Waals surface area (Å²) in [6.45, 7) is 7.49. The fourth-order valence-electron chi connectivity index (χ4n) is 2.87. The number of urea groups is 1. The van der Waals surface area contributed by atoms with Crippen molar-refractivity contribution in [2.75, 3.05) is 0 Å². The zero-order valence-electron chi connectivity index (χ0n) is 18.3. The Morgan fingerprint density at radius 2 is 1.75 bits per heavy atom. The van der Waals surface area contributed by atoms with Crippen LogP contribution >= 0.6 is 0 Å². The van der Waals surface area contributed by atoms with Crippen LogP contribution in [0.1, 0.15) is 45.2 Å². The van der Waals surface area contributed by atoms with Crippen LogP contribution in [0, 0.1) is 0 Å². The van der Waals surface area contributed by atoms with Crippen molar-refractivity contribution in [3.05, 3.63) is 59.7 Å². The lowest BCUT2D eigenvalue weighted by Gasteiger charge is -2.30. The van der Waals surface area contributed by atoms with Gasteiger partial charge < -0.3 is 14.4 Å². The van der Waals surface area contributed by atoms with Gasteiger partial charge in [0, 0.05) is 17.6 Å². The minimum absolute atomic E-state index is 0.0574. The summed E-state index contributed by atoms with van der Waals surface area (Å²) in [5, 5.41) is 2.81. The van der Waals surface area contributed by atoms with Gasteiger partial charge >= 0.3 is 22.3 Å². The topological polar surface area (TPSA) is 75.7 Å². The van der Waals surface area contributed by atoms with E-state index in [2.05, 4.69) is 5.32 Å². The molecule has 0 fully saturated rings. The Morgan fingerprint density at radius 1 is 1.09 bits per heavy atom. The molecule has 0 aromatic heterocycles. The second kappa shape index (κ2) is 10.2. The normalized spacial score (nSPS) is 13.0. The van der Waals surface area contributed by atoms with Gasteiger partial charge in [-0.05, 0) is 51.5 Å². The van der Waals surface area contributed by atoms with Gasteiger partial charge in [-0.2, -0.15) is 21.6 Å². The van der Waals surface area contributed by atoms with Crippen LogP contribution in [0.5, 0.6) is 5.75 Å². The Morgan fingerprint density at radius 3 is 2.34 bits per heavy atom. The monoisotopic (exact) mass is 472 g/mol. The first kappa shape index (κ1) is 25.5. The first-order valence-electron chi connectivity index (χ1n) is 10.1. The highest BCUT2D eigenvalue weighted by Crippen LogP contribution is 2.32. The van der Waals surface area contributed by atoms with Crippen LogP contribution in [0.15, 0.2) is 53.4 Å². The van der Waals surface area contributed by atoms with Crippen LogP contribution in [-0.4, -0.2) is 31.4 Å². The predicted octanol–water partition coefficient (Wildman–Crippen LogP) is 5.19. The largest absolute Gasteiger partial charge is 0.416 e. The number of rotatable bonds is 8. The summed E-state index contributed by atoms with van der Waals surface area (Å²) in [6, 6.07) is 9.00. The zero-order chi connectivity index (χ0) is 24.1. The molecular formula is C22H27F3N2O4S. The van der Waals surface area contributed by atoms with E-state index in [0.29, 0.717) is 18.1 Å². The van der Waals surface area contributed by atoms with Crippen LogP contribution < -0.4 is 9.50 Å². The highest BCUT2D eigenvalue weighted by Gasteiger charge is 2.32. The molecule has 2 rings (SSSR count). The smallest absolute Gasteiger partial charge is 0.379 e. The number of hydrogen-bond acceptors (Lipinski definition) is 4. The van der Waals surface area contributed by atoms with Crippen LogP contribution in [-0.2, 0) is 22.8 Å². The first-order chi connectivity index (χ1) is 14.8. The molecule has 0 radical (unpaired) electrons. The minimum Gasteiger partial charge on any atom is -0.379 e. The molecule has 1 atom stereocenters. The fourth-order valence-corrected chi connectivity index (χ4v) is 3.88. The molecule has 6 nitrogen and oxygen atoms in total. The molecule has 0 bridgehead atoms. The molecule has 2 aromatic rings. The average molecular weight is 473 g/mol. The number of amides is 2. The third-order valence-electron chi connectivity index (χ3n) is 4.76. The Balaban J connectivity index is 2.36. The van der Waals surface area contributed by atoms with Crippen molar-refractivity contribution in [2.45, 2.75) is 63.8 Å². The molecular weight excluding hydrogens is 445 g/mol. The molecule has 10 heteroatoms. The van der Waals surface area contributed by atoms with Crippen molar-refractivity contribution in [1.29, 1.82) is 0 Å². The molecule has 0 aliphatic carbocycles. The molecule has 0 aliphatic heterocycles. The summed E-state index contributed by atoms with van der Waals surface area (Å²) in [5.74, 6) is -0.0597. The van der Waals surface area contributed by atoms with E-state index >= 15 is 0 Å². The van der Waals surface area contributed by atoms with Crippen LogP contribution in [0.3, 0.4) is 0 Å². The van der Waals surface area contributed by atoms with Crippen molar-refractivity contribution in [3.63, 3.8) is 0 Å². The third-order valence-corrected chi connectivity index (χ3v) is 5.99. The quantitative estimate of drug-likeness (QED) is 0.537. The van der Waals surface area contributed by atoms with Crippen molar-refractivity contribution in [1.82, 2.24) is 10.2 Å². The van der Waals surface area contributed by atoms with Gasteiger partial charge in [-0.25, -0.2) is 4.79 Å². The maximum atomic E-state index is 13.0. The molecule has 176 valence electrons. The van der Waals surface area contributed by atoms with Crippen molar-refractivity contribution in [3.8, 4) is 5.75 Å². The molecule has 0 unspecified atom stereocenters. The number of para-hydroxylation sites is 1. The summed E-state index contributed by atoms with van der Waals surface area (Å²) in [6.07, 6.45) is -4.03. The van der Waals surface area contributed by atoms with Crippen LogP contribution in [0.2, 0.25) is 0 Å². The lowest BCUT2D eigenvalue weighted by molar-refractivity contribution is -0.137. The van der Waals surface area contributed by atoms with Gasteiger partial charge in [-0.3, -0.25) is 0 Å². The van der Waals surface area contributed by atoms with E-state index in [4.69, 9.17) is 4.18 Å². The maximum absolute atomic E-state index is 13.0. The number of halogens is 3. The number of nitrogens with one attached hydrogen (secondary N) is 1. The van der Waals surface area contributed by atoms with E-state index in [-0.39, 0.29) is 30.4 Å². The summed E-state index contributed by atoms with van der Waals surface area (Å²) < 4.78 is 69.6. The number of benzene rings is 2. The number of nitrogens with zero attached hydrogens (tertiary/aromatic N) is 1. The second-order valence-electron chi connectivity index (χ2n) is 7.66. The SMILES string of the molecule is CC[C@H](C)N(Cc1ccccc1OS(=O)(=O)c1cccc(C(F)(F)F)c1)C(=O)NC(C)C. The van der Waals surface area contributed by atoms with Gasteiger partial charge in [-0.15, -0.1) is 0 Å². The van der Waals surface area contributed by atoms with Gasteiger partial charge in [0.25, 0.3) is 0 Å². The van der Waals surface area contributed by atoms with E-state index in [0.717, 1.165) is 18.2 Å². The molecule has 0 saturated heterocycles. The fraction of sp³-hybridized carbons (Fsp3) is 0.409. The Labute approximate surface area is 186 Å². The Bertz CT molecular complexity index is 1040.